The molecule has 7 nitrogen and oxygen atoms in total. The molecule has 0 fully saturated rings. The van der Waals surface area contributed by atoms with Crippen LogP contribution in [-0.2, 0) is 17.6 Å². The van der Waals surface area contributed by atoms with Crippen LogP contribution in [0.15, 0.2) is 24.5 Å². The van der Waals surface area contributed by atoms with Crippen molar-refractivity contribution in [3.63, 3.8) is 0 Å². The molecule has 1 aliphatic heterocycles. The molecule has 2 N–H and O–H groups in total. The van der Waals surface area contributed by atoms with E-state index >= 15 is 0 Å². The molecule has 7 heteroatoms. The van der Waals surface area contributed by atoms with Gasteiger partial charge in [-0.1, -0.05) is 0 Å². The standard InChI is InChI=1S/C18H24N6O/c1-13-22-17-6-11-24(14(2)25)10-5-16(17)18(23-13)21-9-8-20-15-4-3-7-19-12-15/h3-4,7,12,20H,5-6,8-11H2,1-2H3,(H,21,22,23). The van der Waals surface area contributed by atoms with Gasteiger partial charge >= 0.3 is 0 Å². The highest BCUT2D eigenvalue weighted by atomic mass is 16.2. The van der Waals surface area contributed by atoms with Crippen molar-refractivity contribution in [2.45, 2.75) is 26.7 Å². The van der Waals surface area contributed by atoms with Crippen molar-refractivity contribution in [3.8, 4) is 0 Å². The molecule has 25 heavy (non-hydrogen) atoms. The smallest absolute Gasteiger partial charge is 0.219 e. The number of nitrogens with one attached hydrogen (secondary N) is 2. The summed E-state index contributed by atoms with van der Waals surface area (Å²) in [4.78, 5) is 26.8. The number of fused-ring (bicyclic) bond motifs is 1. The van der Waals surface area contributed by atoms with Gasteiger partial charge in [-0.05, 0) is 25.5 Å². The Kier molecular flexibility index (Phi) is 5.42. The Morgan fingerprint density at radius 3 is 2.76 bits per heavy atom. The zero-order valence-electron chi connectivity index (χ0n) is 14.7. The van der Waals surface area contributed by atoms with Crippen molar-refractivity contribution in [2.75, 3.05) is 36.8 Å². The van der Waals surface area contributed by atoms with E-state index in [4.69, 9.17) is 0 Å². The number of anilines is 2. The molecule has 0 bridgehead atoms. The van der Waals surface area contributed by atoms with Gasteiger partial charge in [0.1, 0.15) is 11.6 Å². The number of hydrogen-bond acceptors (Lipinski definition) is 6. The van der Waals surface area contributed by atoms with Gasteiger partial charge in [-0.25, -0.2) is 9.97 Å². The summed E-state index contributed by atoms with van der Waals surface area (Å²) in [5, 5.41) is 6.74. The largest absolute Gasteiger partial charge is 0.382 e. The highest BCUT2D eigenvalue weighted by Crippen LogP contribution is 2.21. The first-order chi connectivity index (χ1) is 12.1. The number of rotatable bonds is 5. The molecule has 3 rings (SSSR count). The summed E-state index contributed by atoms with van der Waals surface area (Å²) in [6, 6.07) is 3.90. The zero-order chi connectivity index (χ0) is 17.6. The Morgan fingerprint density at radius 2 is 2.00 bits per heavy atom. The van der Waals surface area contributed by atoms with Crippen LogP contribution in [0.2, 0.25) is 0 Å². The molecular formula is C18H24N6O. The first-order valence-electron chi connectivity index (χ1n) is 8.63. The molecule has 132 valence electrons. The molecule has 0 spiro atoms. The van der Waals surface area contributed by atoms with Gasteiger partial charge in [0, 0.05) is 57.5 Å². The summed E-state index contributed by atoms with van der Waals surface area (Å²) in [6.07, 6.45) is 5.12. The average molecular weight is 340 g/mol. The zero-order valence-corrected chi connectivity index (χ0v) is 14.7. The van der Waals surface area contributed by atoms with Gasteiger partial charge in [-0.2, -0.15) is 0 Å². The Balaban J connectivity index is 1.64. The number of hydrogen-bond donors (Lipinski definition) is 2. The van der Waals surface area contributed by atoms with Crippen LogP contribution in [0.3, 0.4) is 0 Å². The van der Waals surface area contributed by atoms with Crippen LogP contribution >= 0.6 is 0 Å². The third-order valence-electron chi connectivity index (χ3n) is 4.31. The quantitative estimate of drug-likeness (QED) is 0.806. The molecule has 1 amide bonds. The van der Waals surface area contributed by atoms with E-state index in [1.807, 2.05) is 24.0 Å². The summed E-state index contributed by atoms with van der Waals surface area (Å²) in [6.45, 7) is 6.48. The van der Waals surface area contributed by atoms with E-state index in [1.54, 1.807) is 19.3 Å². The lowest BCUT2D eigenvalue weighted by molar-refractivity contribution is -0.128. The first-order valence-corrected chi connectivity index (χ1v) is 8.63. The molecule has 2 aromatic heterocycles. The average Bonchev–Trinajstić information content (AvgIpc) is 2.82. The predicted molar refractivity (Wildman–Crippen MR) is 97.6 cm³/mol. The topological polar surface area (TPSA) is 83.0 Å². The molecule has 0 saturated heterocycles. The van der Waals surface area contributed by atoms with Gasteiger partial charge in [0.15, 0.2) is 0 Å². The van der Waals surface area contributed by atoms with Gasteiger partial charge < -0.3 is 15.5 Å². The monoisotopic (exact) mass is 340 g/mol. The highest BCUT2D eigenvalue weighted by molar-refractivity contribution is 5.73. The summed E-state index contributed by atoms with van der Waals surface area (Å²) in [7, 11) is 0. The van der Waals surface area contributed by atoms with Crippen LogP contribution in [0.5, 0.6) is 0 Å². The van der Waals surface area contributed by atoms with E-state index < -0.39 is 0 Å². The fourth-order valence-electron chi connectivity index (χ4n) is 3.04. The maximum absolute atomic E-state index is 11.7. The molecule has 0 radical (unpaired) electrons. The lowest BCUT2D eigenvalue weighted by Gasteiger charge is -2.17. The third-order valence-corrected chi connectivity index (χ3v) is 4.31. The summed E-state index contributed by atoms with van der Waals surface area (Å²) >= 11 is 0. The number of carbonyl (C=O) groups excluding carboxylic acids is 1. The minimum Gasteiger partial charge on any atom is -0.382 e. The van der Waals surface area contributed by atoms with Crippen LogP contribution in [0.4, 0.5) is 11.5 Å². The fraction of sp³-hybridized carbons (Fsp3) is 0.444. The van der Waals surface area contributed by atoms with Crippen LogP contribution in [-0.4, -0.2) is 51.9 Å². The molecular weight excluding hydrogens is 316 g/mol. The third kappa shape index (κ3) is 4.43. The second-order valence-corrected chi connectivity index (χ2v) is 6.15. The second-order valence-electron chi connectivity index (χ2n) is 6.15. The van der Waals surface area contributed by atoms with Crippen LogP contribution < -0.4 is 10.6 Å². The fourth-order valence-corrected chi connectivity index (χ4v) is 3.04. The van der Waals surface area contributed by atoms with Crippen LogP contribution in [0, 0.1) is 6.92 Å². The second kappa shape index (κ2) is 7.92. The normalized spacial score (nSPS) is 13.8. The summed E-state index contributed by atoms with van der Waals surface area (Å²) < 4.78 is 0. The number of amides is 1. The van der Waals surface area contributed by atoms with E-state index in [9.17, 15) is 4.79 Å². The number of nitrogens with zero attached hydrogens (tertiary/aromatic N) is 4. The van der Waals surface area contributed by atoms with Crippen molar-refractivity contribution < 1.29 is 4.79 Å². The Labute approximate surface area is 147 Å². The van der Waals surface area contributed by atoms with Gasteiger partial charge in [0.2, 0.25) is 5.91 Å². The van der Waals surface area contributed by atoms with E-state index in [2.05, 4.69) is 25.6 Å². The van der Waals surface area contributed by atoms with E-state index in [-0.39, 0.29) is 5.91 Å². The minimum atomic E-state index is 0.118. The van der Waals surface area contributed by atoms with Crippen molar-refractivity contribution >= 4 is 17.4 Å². The van der Waals surface area contributed by atoms with Crippen molar-refractivity contribution in [3.05, 3.63) is 41.6 Å². The number of pyridine rings is 1. The van der Waals surface area contributed by atoms with Crippen molar-refractivity contribution in [2.24, 2.45) is 0 Å². The molecule has 0 aromatic carbocycles. The first kappa shape index (κ1) is 17.1. The van der Waals surface area contributed by atoms with Gasteiger partial charge in [-0.15, -0.1) is 0 Å². The van der Waals surface area contributed by atoms with Gasteiger partial charge in [0.05, 0.1) is 11.4 Å². The summed E-state index contributed by atoms with van der Waals surface area (Å²) in [5.74, 6) is 1.77. The Hall–Kier alpha value is -2.70. The molecule has 0 atom stereocenters. The number of aryl methyl sites for hydroxylation is 1. The van der Waals surface area contributed by atoms with Gasteiger partial charge in [0.25, 0.3) is 0 Å². The molecule has 2 aromatic rings. The van der Waals surface area contributed by atoms with E-state index in [0.29, 0.717) is 0 Å². The summed E-state index contributed by atoms with van der Waals surface area (Å²) in [5.41, 5.74) is 3.19. The van der Waals surface area contributed by atoms with Crippen LogP contribution in [0.1, 0.15) is 24.0 Å². The molecule has 0 unspecified atom stereocenters. The molecule has 3 heterocycles. The van der Waals surface area contributed by atoms with Gasteiger partial charge in [-0.3, -0.25) is 9.78 Å². The highest BCUT2D eigenvalue weighted by Gasteiger charge is 2.20. The maximum atomic E-state index is 11.7. The Bertz CT molecular complexity index is 734. The molecule has 0 aliphatic carbocycles. The van der Waals surface area contributed by atoms with E-state index in [1.165, 1.54) is 0 Å². The molecule has 1 aliphatic rings. The van der Waals surface area contributed by atoms with Crippen LogP contribution in [0.25, 0.3) is 0 Å². The van der Waals surface area contributed by atoms with Crippen molar-refractivity contribution in [1.82, 2.24) is 19.9 Å². The van der Waals surface area contributed by atoms with E-state index in [0.717, 1.165) is 67.6 Å². The Morgan fingerprint density at radius 1 is 1.20 bits per heavy atom. The molecule has 0 saturated carbocycles. The number of carbonyl (C=O) groups is 1. The minimum absolute atomic E-state index is 0.118. The number of aromatic nitrogens is 3. The lowest BCUT2D eigenvalue weighted by atomic mass is 10.1. The lowest BCUT2D eigenvalue weighted by Crippen LogP contribution is -2.31. The predicted octanol–water partition coefficient (Wildman–Crippen LogP) is 1.65. The van der Waals surface area contributed by atoms with Crippen molar-refractivity contribution in [1.29, 1.82) is 0 Å². The SMILES string of the molecule is CC(=O)N1CCc2nc(C)nc(NCCNc3cccnc3)c2CC1. The maximum Gasteiger partial charge on any atom is 0.219 e.